The molecule has 0 aliphatic rings. The summed E-state index contributed by atoms with van der Waals surface area (Å²) in [5.41, 5.74) is 7.58. The third kappa shape index (κ3) is 4.96. The first-order valence-electron chi connectivity index (χ1n) is 5.85. The number of alkyl halides is 3. The molecule has 0 spiro atoms. The van der Waals surface area contributed by atoms with Gasteiger partial charge in [0.25, 0.3) is 0 Å². The number of hydrogen-bond donors (Lipinski definition) is 1. The van der Waals surface area contributed by atoms with Gasteiger partial charge in [0.2, 0.25) is 0 Å². The largest absolute Gasteiger partial charge is 0.493 e. The van der Waals surface area contributed by atoms with Crippen LogP contribution in [-0.4, -0.2) is 12.8 Å². The van der Waals surface area contributed by atoms with Gasteiger partial charge in [0.1, 0.15) is 5.75 Å². The predicted octanol–water partition coefficient (Wildman–Crippen LogP) is 3.74. The molecule has 0 aliphatic heterocycles. The van der Waals surface area contributed by atoms with Crippen LogP contribution in [0.15, 0.2) is 18.2 Å². The van der Waals surface area contributed by atoms with Crippen molar-refractivity contribution < 1.29 is 17.9 Å². The molecule has 2 N–H and O–H groups in total. The fourth-order valence-corrected chi connectivity index (χ4v) is 1.60. The van der Waals surface area contributed by atoms with Crippen LogP contribution in [0.4, 0.5) is 13.2 Å². The summed E-state index contributed by atoms with van der Waals surface area (Å²) in [7, 11) is 0. The van der Waals surface area contributed by atoms with Crippen LogP contribution in [-0.2, 0) is 0 Å². The maximum Gasteiger partial charge on any atom is 0.389 e. The third-order valence-corrected chi connectivity index (χ3v) is 2.52. The average molecular weight is 261 g/mol. The molecule has 0 radical (unpaired) electrons. The number of benzene rings is 1. The van der Waals surface area contributed by atoms with Gasteiger partial charge in [-0.05, 0) is 31.9 Å². The molecule has 0 amide bonds. The molecule has 102 valence electrons. The van der Waals surface area contributed by atoms with E-state index in [2.05, 4.69) is 0 Å². The Morgan fingerprint density at radius 3 is 2.56 bits per heavy atom. The maximum atomic E-state index is 12.0. The quantitative estimate of drug-likeness (QED) is 0.819. The lowest BCUT2D eigenvalue weighted by Gasteiger charge is -2.15. The number of hydrogen-bond acceptors (Lipinski definition) is 2. The highest BCUT2D eigenvalue weighted by Crippen LogP contribution is 2.26. The van der Waals surface area contributed by atoms with E-state index in [9.17, 15) is 13.2 Å². The van der Waals surface area contributed by atoms with E-state index in [0.29, 0.717) is 5.75 Å². The molecule has 0 bridgehead atoms. The van der Waals surface area contributed by atoms with Crippen molar-refractivity contribution in [3.63, 3.8) is 0 Å². The topological polar surface area (TPSA) is 35.2 Å². The van der Waals surface area contributed by atoms with Crippen molar-refractivity contribution in [3.8, 4) is 5.75 Å². The molecule has 0 fully saturated rings. The fraction of sp³-hybridized carbons (Fsp3) is 0.538. The Bertz CT molecular complexity index is 388. The van der Waals surface area contributed by atoms with Crippen LogP contribution in [0.1, 0.15) is 36.9 Å². The van der Waals surface area contributed by atoms with Crippen molar-refractivity contribution in [2.24, 2.45) is 5.73 Å². The van der Waals surface area contributed by atoms with E-state index < -0.39 is 12.6 Å². The van der Waals surface area contributed by atoms with E-state index in [0.717, 1.165) is 11.1 Å². The second-order valence-corrected chi connectivity index (χ2v) is 4.40. The van der Waals surface area contributed by atoms with Gasteiger partial charge in [0.05, 0.1) is 6.61 Å². The highest BCUT2D eigenvalue weighted by molar-refractivity contribution is 5.38. The first kappa shape index (κ1) is 14.8. The first-order chi connectivity index (χ1) is 8.29. The van der Waals surface area contributed by atoms with Crippen LogP contribution in [0, 0.1) is 6.92 Å². The van der Waals surface area contributed by atoms with Crippen LogP contribution in [0.2, 0.25) is 0 Å². The zero-order valence-corrected chi connectivity index (χ0v) is 10.6. The van der Waals surface area contributed by atoms with Gasteiger partial charge in [-0.15, -0.1) is 0 Å². The lowest BCUT2D eigenvalue weighted by molar-refractivity contribution is -0.136. The number of aryl methyl sites for hydroxylation is 1. The zero-order valence-electron chi connectivity index (χ0n) is 10.6. The summed E-state index contributed by atoms with van der Waals surface area (Å²) in [6.45, 7) is 3.75. The van der Waals surface area contributed by atoms with E-state index in [1.807, 2.05) is 26.0 Å². The fourth-order valence-electron chi connectivity index (χ4n) is 1.60. The smallest absolute Gasteiger partial charge is 0.389 e. The van der Waals surface area contributed by atoms with Gasteiger partial charge >= 0.3 is 6.18 Å². The minimum atomic E-state index is -4.13. The van der Waals surface area contributed by atoms with Gasteiger partial charge in [-0.3, -0.25) is 0 Å². The maximum absolute atomic E-state index is 12.0. The summed E-state index contributed by atoms with van der Waals surface area (Å²) in [5.74, 6) is 0.576. The number of halogens is 3. The van der Waals surface area contributed by atoms with Crippen molar-refractivity contribution in [2.75, 3.05) is 6.61 Å². The van der Waals surface area contributed by atoms with E-state index in [-0.39, 0.29) is 19.1 Å². The molecule has 0 saturated heterocycles. The van der Waals surface area contributed by atoms with Gasteiger partial charge < -0.3 is 10.5 Å². The Labute approximate surface area is 105 Å². The van der Waals surface area contributed by atoms with E-state index >= 15 is 0 Å². The highest BCUT2D eigenvalue weighted by atomic mass is 19.4. The van der Waals surface area contributed by atoms with Crippen molar-refractivity contribution in [1.82, 2.24) is 0 Å². The molecule has 0 aromatic heterocycles. The normalized spacial score (nSPS) is 13.4. The Balaban J connectivity index is 2.58. The van der Waals surface area contributed by atoms with Gasteiger partial charge in [-0.1, -0.05) is 12.1 Å². The molecule has 0 heterocycles. The van der Waals surface area contributed by atoms with Gasteiger partial charge in [-0.2, -0.15) is 13.2 Å². The van der Waals surface area contributed by atoms with Crippen LogP contribution in [0.3, 0.4) is 0 Å². The minimum Gasteiger partial charge on any atom is -0.493 e. The second-order valence-electron chi connectivity index (χ2n) is 4.40. The van der Waals surface area contributed by atoms with Gasteiger partial charge in [-0.25, -0.2) is 0 Å². The number of ether oxygens (including phenoxy) is 1. The molecule has 1 aromatic carbocycles. The van der Waals surface area contributed by atoms with Gasteiger partial charge in [0, 0.05) is 18.0 Å². The molecule has 1 aromatic rings. The van der Waals surface area contributed by atoms with E-state index in [1.165, 1.54) is 0 Å². The molecule has 1 unspecified atom stereocenters. The molecule has 18 heavy (non-hydrogen) atoms. The third-order valence-electron chi connectivity index (χ3n) is 2.52. The van der Waals surface area contributed by atoms with Crippen molar-refractivity contribution >= 4 is 0 Å². The van der Waals surface area contributed by atoms with Crippen LogP contribution in [0.25, 0.3) is 0 Å². The summed E-state index contributed by atoms with van der Waals surface area (Å²) in [5, 5.41) is 0. The summed E-state index contributed by atoms with van der Waals surface area (Å²) >= 11 is 0. The molecule has 0 aliphatic carbocycles. The SMILES string of the molecule is Cc1ccc(C(C)N)c(OCCCC(F)(F)F)c1. The predicted molar refractivity (Wildman–Crippen MR) is 64.6 cm³/mol. The van der Waals surface area contributed by atoms with Gasteiger partial charge in [0.15, 0.2) is 0 Å². The standard InChI is InChI=1S/C13H18F3NO/c1-9-4-5-11(10(2)17)12(8-9)18-7-3-6-13(14,15)16/h4-5,8,10H,3,6-7,17H2,1-2H3. The zero-order chi connectivity index (χ0) is 13.8. The monoisotopic (exact) mass is 261 g/mol. The van der Waals surface area contributed by atoms with Crippen molar-refractivity contribution in [2.45, 2.75) is 38.9 Å². The van der Waals surface area contributed by atoms with E-state index in [4.69, 9.17) is 10.5 Å². The Morgan fingerprint density at radius 2 is 2.00 bits per heavy atom. The van der Waals surface area contributed by atoms with Crippen molar-refractivity contribution in [3.05, 3.63) is 29.3 Å². The number of nitrogens with two attached hydrogens (primary N) is 1. The molecule has 1 atom stereocenters. The minimum absolute atomic E-state index is 0.0443. The summed E-state index contributed by atoms with van der Waals surface area (Å²) in [6, 6.07) is 5.34. The lowest BCUT2D eigenvalue weighted by atomic mass is 10.1. The summed E-state index contributed by atoms with van der Waals surface area (Å²) in [4.78, 5) is 0. The van der Waals surface area contributed by atoms with E-state index in [1.54, 1.807) is 6.07 Å². The lowest BCUT2D eigenvalue weighted by Crippen LogP contribution is -2.12. The van der Waals surface area contributed by atoms with Crippen molar-refractivity contribution in [1.29, 1.82) is 0 Å². The Morgan fingerprint density at radius 1 is 1.33 bits per heavy atom. The van der Waals surface area contributed by atoms with Crippen LogP contribution in [0.5, 0.6) is 5.75 Å². The Kier molecular flexibility index (Phi) is 5.02. The molecule has 5 heteroatoms. The highest BCUT2D eigenvalue weighted by Gasteiger charge is 2.26. The second kappa shape index (κ2) is 6.09. The molecular weight excluding hydrogens is 243 g/mol. The molecular formula is C13H18F3NO. The summed E-state index contributed by atoms with van der Waals surface area (Å²) in [6.07, 6.45) is -5.00. The first-order valence-corrected chi connectivity index (χ1v) is 5.85. The average Bonchev–Trinajstić information content (AvgIpc) is 2.22. The van der Waals surface area contributed by atoms with Crippen LogP contribution >= 0.6 is 0 Å². The molecule has 1 rings (SSSR count). The summed E-state index contributed by atoms with van der Waals surface area (Å²) < 4.78 is 41.3. The number of rotatable bonds is 5. The van der Waals surface area contributed by atoms with Crippen LogP contribution < -0.4 is 10.5 Å². The molecule has 0 saturated carbocycles. The molecule has 2 nitrogen and oxygen atoms in total. The Hall–Kier alpha value is -1.23.